The van der Waals surface area contributed by atoms with Gasteiger partial charge in [0, 0.05) is 24.4 Å². The summed E-state index contributed by atoms with van der Waals surface area (Å²) in [5.41, 5.74) is 2.02. The molecule has 1 aromatic rings. The Morgan fingerprint density at radius 3 is 2.94 bits per heavy atom. The number of hydrogen-bond donors (Lipinski definition) is 0. The Balaban J connectivity index is 2.61. The van der Waals surface area contributed by atoms with Crippen molar-refractivity contribution in [3.05, 3.63) is 29.5 Å². The third kappa shape index (κ3) is 4.06. The summed E-state index contributed by atoms with van der Waals surface area (Å²) in [6.45, 7) is 3.52. The summed E-state index contributed by atoms with van der Waals surface area (Å²) in [4.78, 5) is 14.9. The second-order valence-corrected chi connectivity index (χ2v) is 4.50. The minimum atomic E-state index is 0.133. The zero-order chi connectivity index (χ0) is 12.0. The smallest absolute Gasteiger partial charge is 0.215 e. The number of methoxy groups -OCH3 is 1. The number of pyridine rings is 1. The van der Waals surface area contributed by atoms with Gasteiger partial charge in [-0.05, 0) is 18.6 Å². The topological polar surface area (TPSA) is 39.2 Å². The van der Waals surface area contributed by atoms with Crippen molar-refractivity contribution < 1.29 is 9.53 Å². The predicted octanol–water partition coefficient (Wildman–Crippen LogP) is 2.69. The summed E-state index contributed by atoms with van der Waals surface area (Å²) in [5.74, 6) is 1.34. The van der Waals surface area contributed by atoms with Crippen molar-refractivity contribution in [2.24, 2.45) is 0 Å². The van der Waals surface area contributed by atoms with Crippen LogP contribution in [0.1, 0.15) is 18.1 Å². The van der Waals surface area contributed by atoms with Crippen LogP contribution in [-0.4, -0.2) is 23.0 Å². The largest absolute Gasteiger partial charge is 0.481 e. The van der Waals surface area contributed by atoms with E-state index < -0.39 is 0 Å². The highest BCUT2D eigenvalue weighted by Gasteiger charge is 1.98. The molecule has 0 amide bonds. The van der Waals surface area contributed by atoms with Crippen molar-refractivity contribution in [2.75, 3.05) is 12.9 Å². The summed E-state index contributed by atoms with van der Waals surface area (Å²) in [5, 5.41) is 0.133. The highest BCUT2D eigenvalue weighted by Crippen LogP contribution is 2.15. The van der Waals surface area contributed by atoms with E-state index in [1.54, 1.807) is 20.2 Å². The molecule has 0 aliphatic carbocycles. The maximum atomic E-state index is 10.7. The predicted molar refractivity (Wildman–Crippen MR) is 67.7 cm³/mol. The molecular formula is C12H15NO2S. The van der Waals surface area contributed by atoms with Crippen LogP contribution in [0.15, 0.2) is 18.3 Å². The molecule has 0 aromatic carbocycles. The molecule has 0 atom stereocenters. The van der Waals surface area contributed by atoms with E-state index in [2.05, 4.69) is 4.98 Å². The van der Waals surface area contributed by atoms with E-state index in [1.165, 1.54) is 11.8 Å². The molecule has 16 heavy (non-hydrogen) atoms. The molecular weight excluding hydrogens is 222 g/mol. The molecule has 0 aliphatic heterocycles. The van der Waals surface area contributed by atoms with Gasteiger partial charge in [0.2, 0.25) is 5.88 Å². The maximum Gasteiger partial charge on any atom is 0.215 e. The summed E-state index contributed by atoms with van der Waals surface area (Å²) >= 11 is 1.29. The van der Waals surface area contributed by atoms with Crippen molar-refractivity contribution in [3.8, 4) is 5.88 Å². The average molecular weight is 237 g/mol. The van der Waals surface area contributed by atoms with E-state index >= 15 is 0 Å². The SMILES string of the molecule is COc1ncc(C=CCSC(C)=O)cc1C. The lowest BCUT2D eigenvalue weighted by molar-refractivity contribution is -0.109. The number of aryl methyl sites for hydroxylation is 1. The Labute approximate surface area is 99.9 Å². The molecule has 0 bridgehead atoms. The number of rotatable bonds is 4. The van der Waals surface area contributed by atoms with E-state index in [9.17, 15) is 4.79 Å². The van der Waals surface area contributed by atoms with Crippen LogP contribution in [-0.2, 0) is 4.79 Å². The van der Waals surface area contributed by atoms with E-state index in [-0.39, 0.29) is 5.12 Å². The Morgan fingerprint density at radius 2 is 2.38 bits per heavy atom. The number of ether oxygens (including phenoxy) is 1. The van der Waals surface area contributed by atoms with Gasteiger partial charge in [0.25, 0.3) is 0 Å². The van der Waals surface area contributed by atoms with Crippen molar-refractivity contribution in [2.45, 2.75) is 13.8 Å². The summed E-state index contributed by atoms with van der Waals surface area (Å²) in [7, 11) is 1.61. The average Bonchev–Trinajstić information content (AvgIpc) is 2.24. The first-order valence-electron chi connectivity index (χ1n) is 4.94. The summed E-state index contributed by atoms with van der Waals surface area (Å²) < 4.78 is 5.07. The summed E-state index contributed by atoms with van der Waals surface area (Å²) in [6, 6.07) is 2.00. The van der Waals surface area contributed by atoms with Crippen molar-refractivity contribution >= 4 is 23.0 Å². The zero-order valence-electron chi connectivity index (χ0n) is 9.69. The third-order valence-corrected chi connectivity index (χ3v) is 2.70. The number of thioether (sulfide) groups is 1. The Bertz CT molecular complexity index is 402. The van der Waals surface area contributed by atoms with Gasteiger partial charge in [0.1, 0.15) is 0 Å². The molecule has 0 spiro atoms. The van der Waals surface area contributed by atoms with Gasteiger partial charge in [-0.25, -0.2) is 4.98 Å². The fraction of sp³-hybridized carbons (Fsp3) is 0.333. The standard InChI is InChI=1S/C12H15NO2S/c1-9-7-11(8-13-12(9)15-3)5-4-6-16-10(2)14/h4-5,7-8H,6H2,1-3H3. The van der Waals surface area contributed by atoms with Crippen LogP contribution in [0.5, 0.6) is 5.88 Å². The van der Waals surface area contributed by atoms with Crippen LogP contribution in [0, 0.1) is 6.92 Å². The van der Waals surface area contributed by atoms with Gasteiger partial charge in [-0.1, -0.05) is 23.9 Å². The number of aromatic nitrogens is 1. The number of carbonyl (C=O) groups is 1. The first-order chi connectivity index (χ1) is 7.63. The molecule has 3 nitrogen and oxygen atoms in total. The molecule has 0 saturated carbocycles. The van der Waals surface area contributed by atoms with Crippen LogP contribution >= 0.6 is 11.8 Å². The molecule has 0 saturated heterocycles. The molecule has 0 fully saturated rings. The monoisotopic (exact) mass is 237 g/mol. The van der Waals surface area contributed by atoms with Crippen molar-refractivity contribution in [1.82, 2.24) is 4.98 Å². The fourth-order valence-electron chi connectivity index (χ4n) is 1.24. The lowest BCUT2D eigenvalue weighted by atomic mass is 10.2. The second kappa shape index (κ2) is 6.33. The summed E-state index contributed by atoms with van der Waals surface area (Å²) in [6.07, 6.45) is 5.66. The lowest BCUT2D eigenvalue weighted by Gasteiger charge is -2.03. The first-order valence-corrected chi connectivity index (χ1v) is 5.92. The lowest BCUT2D eigenvalue weighted by Crippen LogP contribution is -1.91. The van der Waals surface area contributed by atoms with Crippen LogP contribution in [0.3, 0.4) is 0 Å². The van der Waals surface area contributed by atoms with Gasteiger partial charge in [0.15, 0.2) is 5.12 Å². The molecule has 0 unspecified atom stereocenters. The minimum absolute atomic E-state index is 0.133. The van der Waals surface area contributed by atoms with Crippen LogP contribution in [0.2, 0.25) is 0 Å². The Hall–Kier alpha value is -1.29. The fourth-order valence-corrected chi connectivity index (χ4v) is 1.67. The van der Waals surface area contributed by atoms with Gasteiger partial charge in [-0.15, -0.1) is 0 Å². The Kier molecular flexibility index (Phi) is 5.05. The molecule has 86 valence electrons. The quantitative estimate of drug-likeness (QED) is 0.807. The molecule has 0 radical (unpaired) electrons. The van der Waals surface area contributed by atoms with Crippen LogP contribution < -0.4 is 4.74 Å². The Morgan fingerprint density at radius 1 is 1.62 bits per heavy atom. The highest BCUT2D eigenvalue weighted by molar-refractivity contribution is 8.13. The number of carbonyl (C=O) groups excluding carboxylic acids is 1. The second-order valence-electron chi connectivity index (χ2n) is 3.30. The van der Waals surface area contributed by atoms with E-state index in [1.807, 2.05) is 25.1 Å². The normalized spacial score (nSPS) is 10.7. The van der Waals surface area contributed by atoms with Crippen LogP contribution in [0.25, 0.3) is 6.08 Å². The molecule has 0 aliphatic rings. The number of hydrogen-bond acceptors (Lipinski definition) is 4. The van der Waals surface area contributed by atoms with Gasteiger partial charge < -0.3 is 4.74 Å². The molecule has 1 rings (SSSR count). The van der Waals surface area contributed by atoms with Crippen molar-refractivity contribution in [3.63, 3.8) is 0 Å². The molecule has 1 aromatic heterocycles. The van der Waals surface area contributed by atoms with E-state index in [4.69, 9.17) is 4.74 Å². The van der Waals surface area contributed by atoms with E-state index in [0.717, 1.165) is 11.1 Å². The van der Waals surface area contributed by atoms with Crippen LogP contribution in [0.4, 0.5) is 0 Å². The van der Waals surface area contributed by atoms with Crippen molar-refractivity contribution in [1.29, 1.82) is 0 Å². The van der Waals surface area contributed by atoms with Gasteiger partial charge in [0.05, 0.1) is 7.11 Å². The molecule has 0 N–H and O–H groups in total. The number of nitrogens with zero attached hydrogens (tertiary/aromatic N) is 1. The van der Waals surface area contributed by atoms with Gasteiger partial charge in [-0.3, -0.25) is 4.79 Å². The van der Waals surface area contributed by atoms with E-state index in [0.29, 0.717) is 11.6 Å². The molecule has 1 heterocycles. The maximum absolute atomic E-state index is 10.7. The van der Waals surface area contributed by atoms with Gasteiger partial charge in [-0.2, -0.15) is 0 Å². The van der Waals surface area contributed by atoms with Gasteiger partial charge >= 0.3 is 0 Å². The highest BCUT2D eigenvalue weighted by atomic mass is 32.2. The molecule has 4 heteroatoms. The minimum Gasteiger partial charge on any atom is -0.481 e. The zero-order valence-corrected chi connectivity index (χ0v) is 10.5. The first kappa shape index (κ1) is 12.8. The third-order valence-electron chi connectivity index (χ3n) is 1.94.